The lowest BCUT2D eigenvalue weighted by atomic mass is 9.96. The first-order chi connectivity index (χ1) is 5.21. The van der Waals surface area contributed by atoms with Crippen LogP contribution < -0.4 is 0 Å². The quantitative estimate of drug-likeness (QED) is 0.644. The van der Waals surface area contributed by atoms with Crippen molar-refractivity contribution in [2.24, 2.45) is 0 Å². The Morgan fingerprint density at radius 2 is 2.36 bits per heavy atom. The maximum absolute atomic E-state index is 11.1. The van der Waals surface area contributed by atoms with Gasteiger partial charge in [-0.2, -0.15) is 0 Å². The number of ketones is 1. The van der Waals surface area contributed by atoms with Crippen LogP contribution in [-0.4, -0.2) is 15.1 Å². The molecule has 1 unspecified atom stereocenters. The predicted octanol–water partition coefficient (Wildman–Crippen LogP) is 2.04. The lowest BCUT2D eigenvalue weighted by Gasteiger charge is -2.23. The number of allylic oxidation sites excluding steroid dienone is 3. The summed E-state index contributed by atoms with van der Waals surface area (Å²) in [5, 5.41) is 0. The molecule has 11 heavy (non-hydrogen) atoms. The van der Waals surface area contributed by atoms with E-state index in [9.17, 15) is 4.79 Å². The van der Waals surface area contributed by atoms with E-state index in [0.29, 0.717) is 18.5 Å². The van der Waals surface area contributed by atoms with E-state index >= 15 is 0 Å². The summed E-state index contributed by atoms with van der Waals surface area (Å²) >= 11 is 0.614. The summed E-state index contributed by atoms with van der Waals surface area (Å²) in [6, 6.07) is 0. The Morgan fingerprint density at radius 3 is 2.64 bits per heavy atom. The minimum absolute atomic E-state index is 0.00870. The number of Topliss-reactive ketones (excluding diaryl/α,β-unsaturated/α-hetero) is 1. The molecule has 0 radical (unpaired) electrons. The van der Waals surface area contributed by atoms with Crippen LogP contribution in [-0.2, 0) is 4.79 Å². The Hall–Kier alpha value is -0.540. The van der Waals surface area contributed by atoms with E-state index in [2.05, 4.69) is 0 Å². The highest BCUT2D eigenvalue weighted by Crippen LogP contribution is 2.31. The van der Waals surface area contributed by atoms with E-state index in [1.807, 2.05) is 12.2 Å². The van der Waals surface area contributed by atoms with Gasteiger partial charge in [0.2, 0.25) is 0 Å². The molecule has 1 N–H and O–H groups in total. The third-order valence-corrected chi connectivity index (χ3v) is 2.71. The van der Waals surface area contributed by atoms with Gasteiger partial charge < -0.3 is 4.55 Å². The summed E-state index contributed by atoms with van der Waals surface area (Å²) in [4.78, 5) is 11.1. The number of rotatable bonds is 2. The zero-order valence-electron chi connectivity index (χ0n) is 6.28. The van der Waals surface area contributed by atoms with Crippen LogP contribution in [0.2, 0.25) is 0 Å². The van der Waals surface area contributed by atoms with Gasteiger partial charge in [0.25, 0.3) is 0 Å². The van der Waals surface area contributed by atoms with Crippen molar-refractivity contribution in [1.29, 1.82) is 0 Å². The summed E-state index contributed by atoms with van der Waals surface area (Å²) < 4.78 is 8.21. The zero-order chi connectivity index (χ0) is 8.32. The van der Waals surface area contributed by atoms with E-state index in [1.165, 1.54) is 6.92 Å². The summed E-state index contributed by atoms with van der Waals surface area (Å²) in [7, 11) is 0. The molecular formula is C8H10O2S. The van der Waals surface area contributed by atoms with Crippen LogP contribution in [0.5, 0.6) is 0 Å². The van der Waals surface area contributed by atoms with Crippen LogP contribution in [0, 0.1) is 0 Å². The van der Waals surface area contributed by atoms with Gasteiger partial charge >= 0.3 is 0 Å². The van der Waals surface area contributed by atoms with Crippen molar-refractivity contribution >= 4 is 17.8 Å². The van der Waals surface area contributed by atoms with Crippen LogP contribution >= 0.6 is 12.0 Å². The lowest BCUT2D eigenvalue weighted by molar-refractivity contribution is -0.118. The first-order valence-electron chi connectivity index (χ1n) is 3.39. The molecule has 0 bridgehead atoms. The Labute approximate surface area is 70.2 Å². The Kier molecular flexibility index (Phi) is 2.52. The minimum atomic E-state index is -0.714. The molecule has 1 rings (SSSR count). The molecule has 3 heteroatoms. The predicted molar refractivity (Wildman–Crippen MR) is 46.5 cm³/mol. The van der Waals surface area contributed by atoms with E-state index in [-0.39, 0.29) is 5.78 Å². The van der Waals surface area contributed by atoms with E-state index in [1.54, 1.807) is 12.2 Å². The smallest absolute Gasteiger partial charge is 0.152 e. The van der Waals surface area contributed by atoms with Gasteiger partial charge in [0.05, 0.1) is 0 Å². The van der Waals surface area contributed by atoms with Gasteiger partial charge in [-0.1, -0.05) is 24.3 Å². The van der Waals surface area contributed by atoms with E-state index < -0.39 is 4.75 Å². The van der Waals surface area contributed by atoms with Gasteiger partial charge in [-0.05, 0) is 13.3 Å². The molecule has 0 saturated carbocycles. The largest absolute Gasteiger partial charge is 0.329 e. The van der Waals surface area contributed by atoms with Crippen LogP contribution in [0.25, 0.3) is 0 Å². The van der Waals surface area contributed by atoms with E-state index in [4.69, 9.17) is 4.55 Å². The highest BCUT2D eigenvalue weighted by Gasteiger charge is 2.32. The topological polar surface area (TPSA) is 37.3 Å². The summed E-state index contributed by atoms with van der Waals surface area (Å²) in [6.45, 7) is 1.49. The highest BCUT2D eigenvalue weighted by molar-refractivity contribution is 7.96. The lowest BCUT2D eigenvalue weighted by Crippen LogP contribution is -2.30. The van der Waals surface area contributed by atoms with Crippen molar-refractivity contribution in [1.82, 2.24) is 0 Å². The second-order valence-electron chi connectivity index (χ2n) is 2.53. The van der Waals surface area contributed by atoms with Gasteiger partial charge in [-0.15, -0.1) is 0 Å². The van der Waals surface area contributed by atoms with Gasteiger partial charge in [-0.3, -0.25) is 4.79 Å². The highest BCUT2D eigenvalue weighted by atomic mass is 32.2. The molecule has 0 saturated heterocycles. The molecule has 0 aromatic carbocycles. The summed E-state index contributed by atoms with van der Waals surface area (Å²) in [6.07, 6.45) is 7.86. The third-order valence-electron chi connectivity index (χ3n) is 1.79. The number of carbonyl (C=O) groups excluding carboxylic acids is 1. The number of hydrogen-bond donors (Lipinski definition) is 1. The Bertz CT molecular complexity index is 220. The fourth-order valence-electron chi connectivity index (χ4n) is 0.994. The molecular weight excluding hydrogens is 160 g/mol. The second-order valence-corrected chi connectivity index (χ2v) is 3.44. The van der Waals surface area contributed by atoms with Crippen molar-refractivity contribution in [2.45, 2.75) is 18.1 Å². The van der Waals surface area contributed by atoms with Crippen LogP contribution in [0.3, 0.4) is 0 Å². The first kappa shape index (κ1) is 8.56. The minimum Gasteiger partial charge on any atom is -0.329 e. The number of carbonyl (C=O) groups is 1. The van der Waals surface area contributed by atoms with Crippen molar-refractivity contribution in [3.63, 3.8) is 0 Å². The molecule has 0 aromatic heterocycles. The molecule has 0 amide bonds. The zero-order valence-corrected chi connectivity index (χ0v) is 7.10. The molecule has 0 spiro atoms. The van der Waals surface area contributed by atoms with Crippen molar-refractivity contribution < 1.29 is 9.35 Å². The van der Waals surface area contributed by atoms with Crippen molar-refractivity contribution in [3.8, 4) is 0 Å². The molecule has 0 aromatic rings. The van der Waals surface area contributed by atoms with Crippen molar-refractivity contribution in [3.05, 3.63) is 24.3 Å². The SMILES string of the molecule is CC(=O)C1(SO)C=CC=CC1. The standard InChI is InChI=1S/C8H10O2S/c1-7(9)8(11-10)5-3-2-4-6-8/h2-5,10H,6H2,1H3. The molecule has 1 aliphatic rings. The average molecular weight is 170 g/mol. The van der Waals surface area contributed by atoms with Crippen LogP contribution in [0.4, 0.5) is 0 Å². The fourth-order valence-corrected chi connectivity index (χ4v) is 1.43. The Balaban J connectivity index is 2.85. The Morgan fingerprint density at radius 1 is 1.64 bits per heavy atom. The molecule has 0 heterocycles. The maximum atomic E-state index is 11.1. The maximum Gasteiger partial charge on any atom is 0.152 e. The fraction of sp³-hybridized carbons (Fsp3) is 0.375. The second kappa shape index (κ2) is 3.24. The molecule has 0 aliphatic heterocycles. The molecule has 2 nitrogen and oxygen atoms in total. The van der Waals surface area contributed by atoms with Crippen LogP contribution in [0.15, 0.2) is 24.3 Å². The first-order valence-corrected chi connectivity index (χ1v) is 4.16. The number of hydrogen-bond acceptors (Lipinski definition) is 3. The summed E-state index contributed by atoms with van der Waals surface area (Å²) in [5.74, 6) is -0.00870. The molecule has 0 fully saturated rings. The van der Waals surface area contributed by atoms with Gasteiger partial charge in [0.1, 0.15) is 4.75 Å². The average Bonchev–Trinajstić information content (AvgIpc) is 2.05. The monoisotopic (exact) mass is 170 g/mol. The normalized spacial score (nSPS) is 28.9. The van der Waals surface area contributed by atoms with Crippen molar-refractivity contribution in [2.75, 3.05) is 0 Å². The van der Waals surface area contributed by atoms with Crippen LogP contribution in [0.1, 0.15) is 13.3 Å². The molecule has 1 aliphatic carbocycles. The third kappa shape index (κ3) is 1.54. The molecule has 1 atom stereocenters. The molecule has 60 valence electrons. The van der Waals surface area contributed by atoms with Gasteiger partial charge in [-0.25, -0.2) is 0 Å². The van der Waals surface area contributed by atoms with Gasteiger partial charge in [0, 0.05) is 12.0 Å². The van der Waals surface area contributed by atoms with E-state index in [0.717, 1.165) is 0 Å². The van der Waals surface area contributed by atoms with Gasteiger partial charge in [0.15, 0.2) is 5.78 Å². The summed E-state index contributed by atoms with van der Waals surface area (Å²) in [5.41, 5.74) is 0.